The second kappa shape index (κ2) is 7.11. The Hall–Kier alpha value is -0.830. The van der Waals surface area contributed by atoms with Crippen molar-refractivity contribution < 1.29 is 15.0 Å². The number of hydrogen-bond donors (Lipinski definition) is 2. The molecule has 3 heteroatoms. The Balaban J connectivity index is 1.58. The predicted molar refractivity (Wildman–Crippen MR) is 133 cm³/mol. The van der Waals surface area contributed by atoms with Crippen LogP contribution in [0.25, 0.3) is 0 Å². The van der Waals surface area contributed by atoms with Gasteiger partial charge in [-0.05, 0) is 116 Å². The van der Waals surface area contributed by atoms with Gasteiger partial charge in [-0.25, -0.2) is 0 Å². The number of carbonyl (C=O) groups is 1. The van der Waals surface area contributed by atoms with Crippen molar-refractivity contribution in [2.75, 3.05) is 0 Å². The van der Waals surface area contributed by atoms with Gasteiger partial charge in [0.2, 0.25) is 0 Å². The number of rotatable bonds is 2. The van der Waals surface area contributed by atoms with Crippen molar-refractivity contribution in [3.63, 3.8) is 0 Å². The average molecular weight is 457 g/mol. The van der Waals surface area contributed by atoms with Gasteiger partial charge >= 0.3 is 5.97 Å². The van der Waals surface area contributed by atoms with Crippen LogP contribution < -0.4 is 0 Å². The lowest BCUT2D eigenvalue weighted by Gasteiger charge is -2.67. The Bertz CT molecular complexity index is 889. The van der Waals surface area contributed by atoms with Crippen LogP contribution in [0.5, 0.6) is 0 Å². The summed E-state index contributed by atoms with van der Waals surface area (Å²) in [6, 6.07) is 0. The molecule has 186 valence electrons. The van der Waals surface area contributed by atoms with Crippen molar-refractivity contribution >= 4 is 5.97 Å². The summed E-state index contributed by atoms with van der Waals surface area (Å²) in [7, 11) is 0. The van der Waals surface area contributed by atoms with Gasteiger partial charge in [-0.15, -0.1) is 0 Å². The first-order valence-corrected chi connectivity index (χ1v) is 13.9. The van der Waals surface area contributed by atoms with E-state index in [2.05, 4.69) is 41.5 Å². The summed E-state index contributed by atoms with van der Waals surface area (Å²) in [5.41, 5.74) is 3.26. The first-order valence-electron chi connectivity index (χ1n) is 13.9. The number of aliphatic hydroxyl groups excluding tert-OH is 1. The zero-order valence-electron chi connectivity index (χ0n) is 22.3. The monoisotopic (exact) mass is 456 g/mol. The topological polar surface area (TPSA) is 57.5 Å². The van der Waals surface area contributed by atoms with Crippen molar-refractivity contribution in [1.29, 1.82) is 0 Å². The molecule has 0 aliphatic heterocycles. The van der Waals surface area contributed by atoms with Crippen LogP contribution in [-0.4, -0.2) is 22.3 Å². The largest absolute Gasteiger partial charge is 0.481 e. The van der Waals surface area contributed by atoms with E-state index in [1.807, 2.05) is 6.92 Å². The third kappa shape index (κ3) is 2.70. The van der Waals surface area contributed by atoms with Crippen LogP contribution in [0.1, 0.15) is 113 Å². The Morgan fingerprint density at radius 1 is 0.848 bits per heavy atom. The fraction of sp³-hybridized carbons (Fsp3) is 0.900. The molecule has 0 bridgehead atoms. The van der Waals surface area contributed by atoms with Gasteiger partial charge in [-0.3, -0.25) is 4.79 Å². The number of fused-ring (bicyclic) bond motifs is 6. The van der Waals surface area contributed by atoms with Gasteiger partial charge in [-0.2, -0.15) is 0 Å². The summed E-state index contributed by atoms with van der Waals surface area (Å²) in [5.74, 6) is 1.64. The standard InChI is InChI=1S/C30H48O3/c1-18(2)19-8-10-22-27(19,4)16-17-28(5)21-9-11-23-26(3,20(21)12-15-29(22,28)6)14-13-24(31)30(23,7)25(32)33/h18-19,22-24,31H,8-17H2,1-7H3,(H,32,33)/t19-,22-,23-,24+,26-,27-,28-,29+,30+/m1/s1. The van der Waals surface area contributed by atoms with Crippen molar-refractivity contribution in [1.82, 2.24) is 0 Å². The van der Waals surface area contributed by atoms with E-state index in [4.69, 9.17) is 0 Å². The van der Waals surface area contributed by atoms with Crippen LogP contribution in [0.3, 0.4) is 0 Å². The average Bonchev–Trinajstić information content (AvgIpc) is 3.11. The van der Waals surface area contributed by atoms with Crippen LogP contribution in [-0.2, 0) is 4.79 Å². The van der Waals surface area contributed by atoms with Gasteiger partial charge in [0.05, 0.1) is 11.5 Å². The first-order chi connectivity index (χ1) is 15.3. The van der Waals surface area contributed by atoms with E-state index >= 15 is 0 Å². The molecule has 3 nitrogen and oxygen atoms in total. The van der Waals surface area contributed by atoms with Crippen LogP contribution in [0, 0.1) is 50.7 Å². The highest BCUT2D eigenvalue weighted by atomic mass is 16.4. The molecule has 0 unspecified atom stereocenters. The van der Waals surface area contributed by atoms with Crippen LogP contribution in [0.2, 0.25) is 0 Å². The molecule has 0 radical (unpaired) electrons. The Kier molecular flexibility index (Phi) is 5.15. The molecule has 5 aliphatic carbocycles. The van der Waals surface area contributed by atoms with E-state index < -0.39 is 17.5 Å². The quantitative estimate of drug-likeness (QED) is 0.431. The van der Waals surface area contributed by atoms with Gasteiger partial charge in [-0.1, -0.05) is 52.7 Å². The van der Waals surface area contributed by atoms with Crippen molar-refractivity contribution in [3.05, 3.63) is 11.1 Å². The minimum atomic E-state index is -1.03. The Morgan fingerprint density at radius 2 is 1.55 bits per heavy atom. The normalized spacial score (nSPS) is 53.8. The Labute approximate surface area is 201 Å². The zero-order chi connectivity index (χ0) is 24.2. The molecule has 0 spiro atoms. The minimum absolute atomic E-state index is 0.0311. The summed E-state index contributed by atoms with van der Waals surface area (Å²) in [6.07, 6.45) is 10.6. The number of aliphatic hydroxyl groups is 1. The smallest absolute Gasteiger partial charge is 0.312 e. The number of carboxylic acid groups (broad SMARTS) is 1. The second-order valence-corrected chi connectivity index (χ2v) is 14.3. The fourth-order valence-electron chi connectivity index (χ4n) is 11.2. The maximum Gasteiger partial charge on any atom is 0.312 e. The zero-order valence-corrected chi connectivity index (χ0v) is 22.3. The fourth-order valence-corrected chi connectivity index (χ4v) is 11.2. The minimum Gasteiger partial charge on any atom is -0.481 e. The maximum absolute atomic E-state index is 12.5. The number of carboxylic acids is 1. The molecule has 0 heterocycles. The molecule has 9 atom stereocenters. The summed E-state index contributed by atoms with van der Waals surface area (Å²) in [5, 5.41) is 21.1. The van der Waals surface area contributed by atoms with Crippen molar-refractivity contribution in [3.8, 4) is 0 Å². The van der Waals surface area contributed by atoms with Crippen LogP contribution in [0.15, 0.2) is 11.1 Å². The Morgan fingerprint density at radius 3 is 2.18 bits per heavy atom. The highest BCUT2D eigenvalue weighted by molar-refractivity contribution is 5.76. The van der Waals surface area contributed by atoms with Gasteiger partial charge in [0.25, 0.3) is 0 Å². The maximum atomic E-state index is 12.5. The molecule has 0 aromatic heterocycles. The van der Waals surface area contributed by atoms with Crippen molar-refractivity contribution in [2.45, 2.75) is 119 Å². The molecule has 0 amide bonds. The lowest BCUT2D eigenvalue weighted by Crippen LogP contribution is -2.61. The van der Waals surface area contributed by atoms with E-state index in [1.165, 1.54) is 32.1 Å². The second-order valence-electron chi connectivity index (χ2n) is 14.3. The molecule has 0 saturated heterocycles. The number of allylic oxidation sites excluding steroid dienone is 2. The molecule has 3 saturated carbocycles. The van der Waals surface area contributed by atoms with E-state index in [-0.39, 0.29) is 16.7 Å². The van der Waals surface area contributed by atoms with E-state index in [9.17, 15) is 15.0 Å². The van der Waals surface area contributed by atoms with E-state index in [1.54, 1.807) is 11.1 Å². The summed E-state index contributed by atoms with van der Waals surface area (Å²) >= 11 is 0. The molecule has 33 heavy (non-hydrogen) atoms. The highest BCUT2D eigenvalue weighted by Crippen LogP contribution is 2.75. The highest BCUT2D eigenvalue weighted by Gasteiger charge is 2.68. The first kappa shape index (κ1) is 23.9. The number of aliphatic carboxylic acids is 1. The van der Waals surface area contributed by atoms with Gasteiger partial charge < -0.3 is 10.2 Å². The molecule has 5 rings (SSSR count). The third-order valence-corrected chi connectivity index (χ3v) is 13.3. The van der Waals surface area contributed by atoms with Gasteiger partial charge in [0.1, 0.15) is 0 Å². The summed E-state index contributed by atoms with van der Waals surface area (Å²) in [4.78, 5) is 12.5. The van der Waals surface area contributed by atoms with Crippen LogP contribution >= 0.6 is 0 Å². The van der Waals surface area contributed by atoms with Gasteiger partial charge in [0.15, 0.2) is 0 Å². The predicted octanol–water partition coefficient (Wildman–Crippen LogP) is 7.23. The van der Waals surface area contributed by atoms with Crippen molar-refractivity contribution in [2.24, 2.45) is 50.7 Å². The van der Waals surface area contributed by atoms with E-state index in [0.29, 0.717) is 17.3 Å². The lowest BCUT2D eigenvalue weighted by atomic mass is 9.37. The molecular weight excluding hydrogens is 408 g/mol. The lowest BCUT2D eigenvalue weighted by molar-refractivity contribution is -0.177. The number of hydrogen-bond acceptors (Lipinski definition) is 2. The molecule has 5 aliphatic rings. The molecule has 3 fully saturated rings. The van der Waals surface area contributed by atoms with Crippen LogP contribution in [0.4, 0.5) is 0 Å². The molecular formula is C30H48O3. The molecule has 0 aromatic carbocycles. The summed E-state index contributed by atoms with van der Waals surface area (Å²) < 4.78 is 0. The third-order valence-electron chi connectivity index (χ3n) is 13.3. The SMILES string of the molecule is CC(C)[C@H]1CC[C@@H]2[C@]1(C)CC[C@]1(C)C3=C(CC[C@@]21C)[C@@]1(C)CC[C@H](O)[C@@](C)(C(=O)O)[C@@H]1CC3. The molecule has 2 N–H and O–H groups in total. The summed E-state index contributed by atoms with van der Waals surface area (Å²) in [6.45, 7) is 16.9. The van der Waals surface area contributed by atoms with Gasteiger partial charge in [0, 0.05) is 0 Å². The molecule has 0 aromatic rings. The van der Waals surface area contributed by atoms with E-state index in [0.717, 1.165) is 43.4 Å².